The molecule has 2 aliphatic heterocycles. The quantitative estimate of drug-likeness (QED) is 0.327. The predicted molar refractivity (Wildman–Crippen MR) is 108 cm³/mol. The summed E-state index contributed by atoms with van der Waals surface area (Å²) in [6.07, 6.45) is 3.83. The normalized spacial score (nSPS) is 23.6. The second-order valence-corrected chi connectivity index (χ2v) is 8.00. The molecule has 2 saturated heterocycles. The lowest BCUT2D eigenvalue weighted by atomic mass is 10.2. The number of nitrogens with one attached hydrogen (secondary N) is 1. The molecule has 1 aromatic rings. The van der Waals surface area contributed by atoms with Gasteiger partial charge in [0.05, 0.1) is 19.3 Å². The zero-order chi connectivity index (χ0) is 18.0. The zero-order valence-electron chi connectivity index (χ0n) is 15.7. The van der Waals surface area contributed by atoms with Crippen molar-refractivity contribution in [3.8, 4) is 0 Å². The summed E-state index contributed by atoms with van der Waals surface area (Å²) in [5, 5.41) is 3.43. The minimum absolute atomic E-state index is 0.302. The molecule has 6 heteroatoms. The van der Waals surface area contributed by atoms with Crippen LogP contribution in [-0.2, 0) is 9.47 Å². The van der Waals surface area contributed by atoms with Gasteiger partial charge in [-0.25, -0.2) is 0 Å². The first-order valence-electron chi connectivity index (χ1n) is 9.68. The van der Waals surface area contributed by atoms with Gasteiger partial charge in [-0.2, -0.15) is 0 Å². The maximum atomic E-state index is 5.72. The Kier molecular flexibility index (Phi) is 8.11. The minimum Gasteiger partial charge on any atom is -0.377 e. The van der Waals surface area contributed by atoms with Crippen LogP contribution in [0.2, 0.25) is 0 Å². The molecule has 5 nitrogen and oxygen atoms in total. The third-order valence-corrected chi connectivity index (χ3v) is 6.13. The number of rotatable bonds is 8. The van der Waals surface area contributed by atoms with E-state index in [1.807, 2.05) is 18.8 Å². The van der Waals surface area contributed by atoms with Crippen molar-refractivity contribution in [2.75, 3.05) is 52.3 Å². The van der Waals surface area contributed by atoms with Gasteiger partial charge in [-0.3, -0.25) is 4.99 Å². The predicted octanol–water partition coefficient (Wildman–Crippen LogP) is 2.87. The third-order valence-electron chi connectivity index (χ3n) is 4.88. The number of hydrogen-bond donors (Lipinski definition) is 1. The highest BCUT2D eigenvalue weighted by molar-refractivity contribution is 7.99. The Morgan fingerprint density at radius 3 is 3.00 bits per heavy atom. The molecular weight excluding hydrogens is 346 g/mol. The van der Waals surface area contributed by atoms with Crippen molar-refractivity contribution in [2.24, 2.45) is 10.9 Å². The van der Waals surface area contributed by atoms with Crippen LogP contribution < -0.4 is 5.32 Å². The molecule has 3 rings (SSSR count). The van der Waals surface area contributed by atoms with Gasteiger partial charge in [0.25, 0.3) is 0 Å². The van der Waals surface area contributed by atoms with Gasteiger partial charge in [-0.15, -0.1) is 11.8 Å². The molecule has 0 aliphatic carbocycles. The summed E-state index contributed by atoms with van der Waals surface area (Å²) >= 11 is 1.96. The van der Waals surface area contributed by atoms with E-state index < -0.39 is 0 Å². The van der Waals surface area contributed by atoms with Crippen molar-refractivity contribution in [3.63, 3.8) is 0 Å². The summed E-state index contributed by atoms with van der Waals surface area (Å²) in [6.45, 7) is 5.24. The molecule has 0 spiro atoms. The van der Waals surface area contributed by atoms with Crippen LogP contribution in [0, 0.1) is 5.92 Å². The Balaban J connectivity index is 1.31. The fourth-order valence-corrected chi connectivity index (χ4v) is 4.50. The van der Waals surface area contributed by atoms with E-state index >= 15 is 0 Å². The molecule has 2 unspecified atom stereocenters. The topological polar surface area (TPSA) is 46.1 Å². The second-order valence-electron chi connectivity index (χ2n) is 6.91. The molecule has 2 aliphatic rings. The molecule has 1 N–H and O–H groups in total. The highest BCUT2D eigenvalue weighted by atomic mass is 32.2. The number of likely N-dealkylation sites (tertiary alicyclic amines) is 1. The van der Waals surface area contributed by atoms with E-state index in [-0.39, 0.29) is 0 Å². The van der Waals surface area contributed by atoms with Gasteiger partial charge in [-0.05, 0) is 37.3 Å². The Morgan fingerprint density at radius 1 is 1.35 bits per heavy atom. The molecule has 2 atom stereocenters. The first-order chi connectivity index (χ1) is 12.8. The van der Waals surface area contributed by atoms with Crippen LogP contribution in [0.4, 0.5) is 0 Å². The molecule has 26 heavy (non-hydrogen) atoms. The lowest BCUT2D eigenvalue weighted by Gasteiger charge is -2.22. The largest absolute Gasteiger partial charge is 0.377 e. The summed E-state index contributed by atoms with van der Waals surface area (Å²) in [4.78, 5) is 8.17. The number of nitrogens with zero attached hydrogens (tertiary/aromatic N) is 2. The van der Waals surface area contributed by atoms with Crippen molar-refractivity contribution in [1.82, 2.24) is 10.2 Å². The molecule has 144 valence electrons. The summed E-state index contributed by atoms with van der Waals surface area (Å²) in [5.74, 6) is 2.88. The van der Waals surface area contributed by atoms with Crippen LogP contribution in [0.25, 0.3) is 0 Å². The molecule has 0 bridgehead atoms. The van der Waals surface area contributed by atoms with Gasteiger partial charge in [0, 0.05) is 43.9 Å². The van der Waals surface area contributed by atoms with Gasteiger partial charge in [0.2, 0.25) is 0 Å². The van der Waals surface area contributed by atoms with Crippen LogP contribution in [0.1, 0.15) is 19.3 Å². The summed E-state index contributed by atoms with van der Waals surface area (Å²) in [7, 11) is 1.86. The average molecular weight is 378 g/mol. The number of ether oxygens (including phenoxy) is 2. The molecule has 0 amide bonds. The summed E-state index contributed by atoms with van der Waals surface area (Å²) in [5.41, 5.74) is 0. The van der Waals surface area contributed by atoms with E-state index in [2.05, 4.69) is 45.5 Å². The van der Waals surface area contributed by atoms with Crippen LogP contribution in [0.15, 0.2) is 40.2 Å². The van der Waals surface area contributed by atoms with E-state index in [1.165, 1.54) is 17.1 Å². The smallest absolute Gasteiger partial charge is 0.193 e. The fraction of sp³-hybridized carbons (Fsp3) is 0.650. The van der Waals surface area contributed by atoms with E-state index in [9.17, 15) is 0 Å². The van der Waals surface area contributed by atoms with Gasteiger partial charge < -0.3 is 19.7 Å². The Hall–Kier alpha value is -1.24. The standard InChI is InChI=1S/C20H31N3O2S/c1-21-20(22-10-13-24-15-18-6-5-12-25-18)23-11-9-17(14-23)16-26-19-7-3-2-4-8-19/h2-4,7-8,17-18H,5-6,9-16H2,1H3,(H,21,22). The molecule has 0 radical (unpaired) electrons. The van der Waals surface area contributed by atoms with Crippen molar-refractivity contribution in [3.05, 3.63) is 30.3 Å². The number of thioether (sulfide) groups is 1. The SMILES string of the molecule is CN=C(NCCOCC1CCCO1)N1CCC(CSc2ccccc2)C1. The summed E-state index contributed by atoms with van der Waals surface area (Å²) < 4.78 is 11.3. The van der Waals surface area contributed by atoms with Crippen LogP contribution in [0.3, 0.4) is 0 Å². The third kappa shape index (κ3) is 6.18. The second kappa shape index (κ2) is 10.8. The number of benzene rings is 1. The van der Waals surface area contributed by atoms with Crippen molar-refractivity contribution in [1.29, 1.82) is 0 Å². The zero-order valence-corrected chi connectivity index (χ0v) is 16.5. The van der Waals surface area contributed by atoms with E-state index in [0.29, 0.717) is 19.3 Å². The first kappa shape index (κ1) is 19.5. The van der Waals surface area contributed by atoms with Gasteiger partial charge >= 0.3 is 0 Å². The summed E-state index contributed by atoms with van der Waals surface area (Å²) in [6, 6.07) is 10.7. The van der Waals surface area contributed by atoms with Crippen molar-refractivity contribution >= 4 is 17.7 Å². The van der Waals surface area contributed by atoms with Crippen molar-refractivity contribution in [2.45, 2.75) is 30.3 Å². The molecule has 2 heterocycles. The van der Waals surface area contributed by atoms with Gasteiger partial charge in [0.15, 0.2) is 5.96 Å². The van der Waals surface area contributed by atoms with Gasteiger partial charge in [-0.1, -0.05) is 18.2 Å². The molecule has 2 fully saturated rings. The van der Waals surface area contributed by atoms with Gasteiger partial charge in [0.1, 0.15) is 0 Å². The number of hydrogen-bond acceptors (Lipinski definition) is 4. The molecule has 0 saturated carbocycles. The highest BCUT2D eigenvalue weighted by Gasteiger charge is 2.24. The molecule has 1 aromatic carbocycles. The monoisotopic (exact) mass is 377 g/mol. The Bertz CT molecular complexity index is 549. The highest BCUT2D eigenvalue weighted by Crippen LogP contribution is 2.25. The minimum atomic E-state index is 0.302. The first-order valence-corrected chi connectivity index (χ1v) is 10.7. The Morgan fingerprint density at radius 2 is 2.23 bits per heavy atom. The maximum Gasteiger partial charge on any atom is 0.193 e. The van der Waals surface area contributed by atoms with E-state index in [4.69, 9.17) is 9.47 Å². The van der Waals surface area contributed by atoms with Crippen LogP contribution >= 0.6 is 11.8 Å². The fourth-order valence-electron chi connectivity index (χ4n) is 3.45. The van der Waals surface area contributed by atoms with E-state index in [0.717, 1.165) is 51.0 Å². The van der Waals surface area contributed by atoms with E-state index in [1.54, 1.807) is 0 Å². The molecular formula is C20H31N3O2S. The number of guanidine groups is 1. The number of aliphatic imine (C=N–C) groups is 1. The lowest BCUT2D eigenvalue weighted by Crippen LogP contribution is -2.41. The molecule has 0 aromatic heterocycles. The van der Waals surface area contributed by atoms with Crippen LogP contribution in [0.5, 0.6) is 0 Å². The van der Waals surface area contributed by atoms with Crippen molar-refractivity contribution < 1.29 is 9.47 Å². The lowest BCUT2D eigenvalue weighted by molar-refractivity contribution is 0.0190. The van der Waals surface area contributed by atoms with Crippen LogP contribution in [-0.4, -0.2) is 69.2 Å². The Labute approximate surface area is 161 Å². The average Bonchev–Trinajstić information content (AvgIpc) is 3.36. The maximum absolute atomic E-state index is 5.72.